The van der Waals surface area contributed by atoms with Crippen molar-refractivity contribution < 1.29 is 14.7 Å². The quantitative estimate of drug-likeness (QED) is 0.703. The van der Waals surface area contributed by atoms with Crippen LogP contribution in [0.25, 0.3) is 0 Å². The van der Waals surface area contributed by atoms with Crippen molar-refractivity contribution in [2.45, 2.75) is 52.6 Å². The SMILES string of the molecule is CC1CCCNC1C(=O)NC(C(=O)O)C(C)(C)C. The van der Waals surface area contributed by atoms with Gasteiger partial charge in [-0.1, -0.05) is 27.7 Å². The van der Waals surface area contributed by atoms with Crippen molar-refractivity contribution in [3.05, 3.63) is 0 Å². The van der Waals surface area contributed by atoms with Gasteiger partial charge in [-0.2, -0.15) is 0 Å². The predicted molar refractivity (Wildman–Crippen MR) is 69.2 cm³/mol. The molecule has 1 saturated heterocycles. The van der Waals surface area contributed by atoms with E-state index in [1.165, 1.54) is 0 Å². The zero-order valence-electron chi connectivity index (χ0n) is 11.6. The summed E-state index contributed by atoms with van der Waals surface area (Å²) < 4.78 is 0. The molecule has 1 aliphatic rings. The highest BCUT2D eigenvalue weighted by atomic mass is 16.4. The van der Waals surface area contributed by atoms with E-state index < -0.39 is 17.4 Å². The maximum atomic E-state index is 12.1. The maximum Gasteiger partial charge on any atom is 0.326 e. The molecule has 3 N–H and O–H groups in total. The number of carbonyl (C=O) groups excluding carboxylic acids is 1. The van der Waals surface area contributed by atoms with Crippen LogP contribution in [-0.2, 0) is 9.59 Å². The molecule has 1 heterocycles. The lowest BCUT2D eigenvalue weighted by atomic mass is 9.85. The number of carbonyl (C=O) groups is 2. The van der Waals surface area contributed by atoms with E-state index in [0.29, 0.717) is 0 Å². The topological polar surface area (TPSA) is 78.4 Å². The molecule has 0 radical (unpaired) electrons. The van der Waals surface area contributed by atoms with E-state index in [1.54, 1.807) is 0 Å². The highest BCUT2D eigenvalue weighted by molar-refractivity contribution is 5.87. The summed E-state index contributed by atoms with van der Waals surface area (Å²) in [4.78, 5) is 23.3. The van der Waals surface area contributed by atoms with Crippen molar-refractivity contribution in [3.8, 4) is 0 Å². The Morgan fingerprint density at radius 3 is 2.44 bits per heavy atom. The molecule has 0 aromatic heterocycles. The van der Waals surface area contributed by atoms with E-state index in [-0.39, 0.29) is 17.9 Å². The minimum Gasteiger partial charge on any atom is -0.480 e. The van der Waals surface area contributed by atoms with Crippen LogP contribution in [-0.4, -0.2) is 35.6 Å². The first-order valence-electron chi connectivity index (χ1n) is 6.50. The smallest absolute Gasteiger partial charge is 0.326 e. The first kappa shape index (κ1) is 15.0. The fourth-order valence-corrected chi connectivity index (χ4v) is 2.28. The summed E-state index contributed by atoms with van der Waals surface area (Å²) >= 11 is 0. The zero-order chi connectivity index (χ0) is 13.9. The molecule has 0 aromatic carbocycles. The molecular weight excluding hydrogens is 232 g/mol. The molecular formula is C13H24N2O3. The van der Waals surface area contributed by atoms with Crippen LogP contribution in [0.3, 0.4) is 0 Å². The molecule has 18 heavy (non-hydrogen) atoms. The van der Waals surface area contributed by atoms with Crippen LogP contribution in [0.1, 0.15) is 40.5 Å². The summed E-state index contributed by atoms with van der Waals surface area (Å²) in [7, 11) is 0. The van der Waals surface area contributed by atoms with Crippen molar-refractivity contribution in [1.82, 2.24) is 10.6 Å². The molecule has 1 amide bonds. The van der Waals surface area contributed by atoms with Crippen LogP contribution < -0.4 is 10.6 Å². The Morgan fingerprint density at radius 1 is 1.39 bits per heavy atom. The molecule has 0 bridgehead atoms. The van der Waals surface area contributed by atoms with Gasteiger partial charge in [0.05, 0.1) is 6.04 Å². The van der Waals surface area contributed by atoms with Gasteiger partial charge in [0.15, 0.2) is 0 Å². The van der Waals surface area contributed by atoms with Crippen molar-refractivity contribution in [3.63, 3.8) is 0 Å². The number of hydrogen-bond acceptors (Lipinski definition) is 3. The van der Waals surface area contributed by atoms with Gasteiger partial charge in [0.1, 0.15) is 6.04 Å². The average Bonchev–Trinajstić information content (AvgIpc) is 2.24. The number of rotatable bonds is 3. The number of aliphatic carboxylic acids is 1. The van der Waals surface area contributed by atoms with Crippen LogP contribution in [0.4, 0.5) is 0 Å². The summed E-state index contributed by atoms with van der Waals surface area (Å²) in [5, 5.41) is 15.0. The average molecular weight is 256 g/mol. The lowest BCUT2D eigenvalue weighted by Gasteiger charge is -2.33. The van der Waals surface area contributed by atoms with E-state index in [2.05, 4.69) is 10.6 Å². The Balaban J connectivity index is 2.69. The Morgan fingerprint density at radius 2 is 2.00 bits per heavy atom. The number of nitrogens with one attached hydrogen (secondary N) is 2. The molecule has 1 fully saturated rings. The standard InChI is InChI=1S/C13H24N2O3/c1-8-6-5-7-14-9(8)11(16)15-10(12(17)18)13(2,3)4/h8-10,14H,5-7H2,1-4H3,(H,15,16)(H,17,18). The van der Waals surface area contributed by atoms with Gasteiger partial charge in [0, 0.05) is 0 Å². The molecule has 0 aliphatic carbocycles. The van der Waals surface area contributed by atoms with Crippen molar-refractivity contribution in [2.75, 3.05) is 6.54 Å². The summed E-state index contributed by atoms with van der Waals surface area (Å²) in [6, 6.07) is -1.14. The van der Waals surface area contributed by atoms with Gasteiger partial charge in [0.25, 0.3) is 0 Å². The third-order valence-electron chi connectivity index (χ3n) is 3.45. The fraction of sp³-hybridized carbons (Fsp3) is 0.846. The second kappa shape index (κ2) is 5.69. The maximum absolute atomic E-state index is 12.1. The van der Waals surface area contributed by atoms with Gasteiger partial charge >= 0.3 is 5.97 Å². The monoisotopic (exact) mass is 256 g/mol. The summed E-state index contributed by atoms with van der Waals surface area (Å²) in [5.74, 6) is -0.947. The third-order valence-corrected chi connectivity index (χ3v) is 3.45. The van der Waals surface area contributed by atoms with Gasteiger partial charge < -0.3 is 15.7 Å². The molecule has 5 nitrogen and oxygen atoms in total. The molecule has 3 atom stereocenters. The second-order valence-corrected chi connectivity index (χ2v) is 6.20. The molecule has 3 unspecified atom stereocenters. The van der Waals surface area contributed by atoms with Crippen LogP contribution in [0.5, 0.6) is 0 Å². The normalized spacial score (nSPS) is 26.4. The van der Waals surface area contributed by atoms with Crippen molar-refractivity contribution in [2.24, 2.45) is 11.3 Å². The Labute approximate surface area is 108 Å². The van der Waals surface area contributed by atoms with E-state index in [0.717, 1.165) is 19.4 Å². The molecule has 104 valence electrons. The van der Waals surface area contributed by atoms with E-state index in [9.17, 15) is 14.7 Å². The van der Waals surface area contributed by atoms with E-state index in [1.807, 2.05) is 27.7 Å². The molecule has 5 heteroatoms. The summed E-state index contributed by atoms with van der Waals surface area (Å²) in [5.41, 5.74) is -0.501. The summed E-state index contributed by atoms with van der Waals surface area (Å²) in [6.07, 6.45) is 2.06. The van der Waals surface area contributed by atoms with Gasteiger partial charge in [-0.05, 0) is 30.7 Å². The van der Waals surface area contributed by atoms with Gasteiger partial charge in [-0.15, -0.1) is 0 Å². The van der Waals surface area contributed by atoms with Gasteiger partial charge in [-0.3, -0.25) is 4.79 Å². The van der Waals surface area contributed by atoms with E-state index >= 15 is 0 Å². The van der Waals surface area contributed by atoms with Gasteiger partial charge in [-0.25, -0.2) is 4.79 Å². The minimum atomic E-state index is -0.987. The molecule has 0 saturated carbocycles. The second-order valence-electron chi connectivity index (χ2n) is 6.20. The number of carboxylic acids is 1. The Hall–Kier alpha value is -1.10. The molecule has 1 aliphatic heterocycles. The van der Waals surface area contributed by atoms with Crippen molar-refractivity contribution in [1.29, 1.82) is 0 Å². The van der Waals surface area contributed by atoms with Crippen molar-refractivity contribution >= 4 is 11.9 Å². The first-order chi connectivity index (χ1) is 8.23. The molecule has 0 aromatic rings. The van der Waals surface area contributed by atoms with Crippen LogP contribution in [0, 0.1) is 11.3 Å². The van der Waals surface area contributed by atoms with E-state index in [4.69, 9.17) is 0 Å². The Kier molecular flexibility index (Phi) is 4.73. The largest absolute Gasteiger partial charge is 0.480 e. The number of amides is 1. The first-order valence-corrected chi connectivity index (χ1v) is 6.50. The predicted octanol–water partition coefficient (Wildman–Crippen LogP) is 0.990. The third kappa shape index (κ3) is 3.70. The number of piperidine rings is 1. The fourth-order valence-electron chi connectivity index (χ4n) is 2.28. The highest BCUT2D eigenvalue weighted by Gasteiger charge is 2.36. The lowest BCUT2D eigenvalue weighted by Crippen LogP contribution is -2.57. The zero-order valence-corrected chi connectivity index (χ0v) is 11.6. The molecule has 0 spiro atoms. The minimum absolute atomic E-state index is 0.204. The lowest BCUT2D eigenvalue weighted by molar-refractivity contribution is -0.145. The van der Waals surface area contributed by atoms with Crippen LogP contribution in [0.2, 0.25) is 0 Å². The molecule has 1 rings (SSSR count). The van der Waals surface area contributed by atoms with Crippen LogP contribution in [0.15, 0.2) is 0 Å². The highest BCUT2D eigenvalue weighted by Crippen LogP contribution is 2.21. The van der Waals surface area contributed by atoms with Crippen LogP contribution >= 0.6 is 0 Å². The number of hydrogen-bond donors (Lipinski definition) is 3. The number of carboxylic acid groups (broad SMARTS) is 1. The summed E-state index contributed by atoms with van der Waals surface area (Å²) in [6.45, 7) is 8.26. The van der Waals surface area contributed by atoms with Gasteiger partial charge in [0.2, 0.25) is 5.91 Å². The Bertz CT molecular complexity index is 323.